The zero-order chi connectivity index (χ0) is 12.8. The van der Waals surface area contributed by atoms with Crippen molar-refractivity contribution >= 4 is 5.91 Å². The Morgan fingerprint density at radius 3 is 2.72 bits per heavy atom. The first kappa shape index (κ1) is 13.9. The second kappa shape index (κ2) is 7.13. The number of rotatable bonds is 5. The van der Waals surface area contributed by atoms with E-state index in [-0.39, 0.29) is 11.9 Å². The lowest BCUT2D eigenvalue weighted by Gasteiger charge is -2.29. The molecule has 2 aliphatic rings. The summed E-state index contributed by atoms with van der Waals surface area (Å²) in [5.41, 5.74) is 0. The number of carbonyl (C=O) groups is 1. The Kier molecular flexibility index (Phi) is 5.48. The monoisotopic (exact) mass is 252 g/mol. The lowest BCUT2D eigenvalue weighted by atomic mass is 9.92. The predicted octanol–water partition coefficient (Wildman–Crippen LogP) is 2.46. The molecule has 2 fully saturated rings. The average molecular weight is 252 g/mol. The molecule has 1 aliphatic heterocycles. The molecular formula is C15H28N2O. The van der Waals surface area contributed by atoms with Gasteiger partial charge < -0.3 is 10.6 Å². The third kappa shape index (κ3) is 3.98. The molecule has 1 saturated carbocycles. The highest BCUT2D eigenvalue weighted by atomic mass is 16.2. The first-order chi connectivity index (χ1) is 8.77. The first-order valence-electron chi connectivity index (χ1n) is 7.78. The molecule has 2 rings (SSSR count). The van der Waals surface area contributed by atoms with E-state index in [4.69, 9.17) is 0 Å². The summed E-state index contributed by atoms with van der Waals surface area (Å²) in [4.78, 5) is 12.0. The van der Waals surface area contributed by atoms with E-state index in [9.17, 15) is 4.79 Å². The minimum absolute atomic E-state index is 0.0465. The molecule has 0 bridgehead atoms. The molecule has 0 aromatic rings. The van der Waals surface area contributed by atoms with Gasteiger partial charge in [-0.05, 0) is 44.1 Å². The van der Waals surface area contributed by atoms with Crippen molar-refractivity contribution in [3.63, 3.8) is 0 Å². The van der Waals surface area contributed by atoms with Gasteiger partial charge in [-0.15, -0.1) is 0 Å². The molecular weight excluding hydrogens is 224 g/mol. The first-order valence-corrected chi connectivity index (χ1v) is 7.78. The second-order valence-corrected chi connectivity index (χ2v) is 6.14. The van der Waals surface area contributed by atoms with Crippen LogP contribution in [0.3, 0.4) is 0 Å². The minimum atomic E-state index is 0.0465. The van der Waals surface area contributed by atoms with E-state index in [1.807, 2.05) is 0 Å². The van der Waals surface area contributed by atoms with Crippen LogP contribution < -0.4 is 10.6 Å². The number of hydrogen-bond acceptors (Lipinski definition) is 2. The fourth-order valence-corrected chi connectivity index (χ4v) is 3.41. The fourth-order valence-electron chi connectivity index (χ4n) is 3.41. The van der Waals surface area contributed by atoms with Crippen molar-refractivity contribution in [3.8, 4) is 0 Å². The van der Waals surface area contributed by atoms with E-state index < -0.39 is 0 Å². The highest BCUT2D eigenvalue weighted by Crippen LogP contribution is 2.28. The maximum Gasteiger partial charge on any atom is 0.237 e. The molecule has 0 aromatic heterocycles. The van der Waals surface area contributed by atoms with E-state index >= 15 is 0 Å². The standard InChI is InChI=1S/C15H28N2O/c1-12-6-4-10-16-14(12)15(18)17-11-5-9-13-7-2-3-8-13/h12-14,16H,2-11H2,1H3,(H,17,18). The molecule has 1 saturated heterocycles. The van der Waals surface area contributed by atoms with Crippen LogP contribution in [0.25, 0.3) is 0 Å². The quantitative estimate of drug-likeness (QED) is 0.738. The van der Waals surface area contributed by atoms with Gasteiger partial charge in [0.2, 0.25) is 5.91 Å². The van der Waals surface area contributed by atoms with E-state index in [0.29, 0.717) is 5.92 Å². The summed E-state index contributed by atoms with van der Waals surface area (Å²) in [7, 11) is 0. The molecule has 2 N–H and O–H groups in total. The van der Waals surface area contributed by atoms with Gasteiger partial charge in [-0.3, -0.25) is 4.79 Å². The molecule has 1 aliphatic carbocycles. The third-order valence-corrected chi connectivity index (χ3v) is 4.62. The van der Waals surface area contributed by atoms with Crippen LogP contribution in [0.2, 0.25) is 0 Å². The molecule has 0 spiro atoms. The molecule has 1 amide bonds. The van der Waals surface area contributed by atoms with Gasteiger partial charge in [0.1, 0.15) is 0 Å². The van der Waals surface area contributed by atoms with Crippen LogP contribution in [0.1, 0.15) is 58.3 Å². The van der Waals surface area contributed by atoms with Gasteiger partial charge in [-0.25, -0.2) is 0 Å². The van der Waals surface area contributed by atoms with Gasteiger partial charge in [0, 0.05) is 6.54 Å². The molecule has 0 radical (unpaired) electrons. The molecule has 1 heterocycles. The summed E-state index contributed by atoms with van der Waals surface area (Å²) in [5.74, 6) is 1.64. The van der Waals surface area contributed by atoms with Gasteiger partial charge >= 0.3 is 0 Å². The maximum absolute atomic E-state index is 12.0. The van der Waals surface area contributed by atoms with Crippen LogP contribution in [0, 0.1) is 11.8 Å². The number of amides is 1. The number of carbonyl (C=O) groups excluding carboxylic acids is 1. The summed E-state index contributed by atoms with van der Waals surface area (Å²) in [5, 5.41) is 6.44. The van der Waals surface area contributed by atoms with Crippen LogP contribution >= 0.6 is 0 Å². The summed E-state index contributed by atoms with van der Waals surface area (Å²) >= 11 is 0. The van der Waals surface area contributed by atoms with Crippen molar-refractivity contribution in [3.05, 3.63) is 0 Å². The van der Waals surface area contributed by atoms with Crippen molar-refractivity contribution in [2.45, 2.75) is 64.3 Å². The highest BCUT2D eigenvalue weighted by Gasteiger charge is 2.26. The molecule has 3 heteroatoms. The molecule has 18 heavy (non-hydrogen) atoms. The lowest BCUT2D eigenvalue weighted by molar-refractivity contribution is -0.124. The SMILES string of the molecule is CC1CCCNC1C(=O)NCCCC1CCCC1. The molecule has 2 atom stereocenters. The zero-order valence-corrected chi connectivity index (χ0v) is 11.7. The normalized spacial score (nSPS) is 29.4. The molecule has 0 aromatic carbocycles. The van der Waals surface area contributed by atoms with Gasteiger partial charge in [-0.2, -0.15) is 0 Å². The van der Waals surface area contributed by atoms with Crippen LogP contribution in [0.5, 0.6) is 0 Å². The summed E-state index contributed by atoms with van der Waals surface area (Å²) < 4.78 is 0. The number of nitrogens with one attached hydrogen (secondary N) is 2. The van der Waals surface area contributed by atoms with Crippen molar-refractivity contribution in [2.24, 2.45) is 11.8 Å². The van der Waals surface area contributed by atoms with Gasteiger partial charge in [0.15, 0.2) is 0 Å². The Balaban J connectivity index is 1.58. The summed E-state index contributed by atoms with van der Waals surface area (Å²) in [6, 6.07) is 0.0465. The third-order valence-electron chi connectivity index (χ3n) is 4.62. The Labute approximate surface area is 111 Å². The minimum Gasteiger partial charge on any atom is -0.355 e. The highest BCUT2D eigenvalue weighted by molar-refractivity contribution is 5.82. The predicted molar refractivity (Wildman–Crippen MR) is 74.4 cm³/mol. The van der Waals surface area contributed by atoms with Crippen molar-refractivity contribution in [1.82, 2.24) is 10.6 Å². The molecule has 2 unspecified atom stereocenters. The smallest absolute Gasteiger partial charge is 0.237 e. The lowest BCUT2D eigenvalue weighted by Crippen LogP contribution is -2.51. The molecule has 104 valence electrons. The van der Waals surface area contributed by atoms with Gasteiger partial charge in [0.05, 0.1) is 6.04 Å². The van der Waals surface area contributed by atoms with Crippen LogP contribution in [0.15, 0.2) is 0 Å². The van der Waals surface area contributed by atoms with Crippen molar-refractivity contribution in [1.29, 1.82) is 0 Å². The average Bonchev–Trinajstić information content (AvgIpc) is 2.88. The zero-order valence-electron chi connectivity index (χ0n) is 11.7. The maximum atomic E-state index is 12.0. The summed E-state index contributed by atoms with van der Waals surface area (Å²) in [6.45, 7) is 4.03. The topological polar surface area (TPSA) is 41.1 Å². The fraction of sp³-hybridized carbons (Fsp3) is 0.933. The van der Waals surface area contributed by atoms with E-state index in [0.717, 1.165) is 25.4 Å². The van der Waals surface area contributed by atoms with Crippen molar-refractivity contribution in [2.75, 3.05) is 13.1 Å². The van der Waals surface area contributed by atoms with Crippen molar-refractivity contribution < 1.29 is 4.79 Å². The van der Waals surface area contributed by atoms with E-state index in [1.165, 1.54) is 44.9 Å². The van der Waals surface area contributed by atoms with E-state index in [1.54, 1.807) is 0 Å². The van der Waals surface area contributed by atoms with Crippen LogP contribution in [-0.4, -0.2) is 25.0 Å². The Hall–Kier alpha value is -0.570. The largest absolute Gasteiger partial charge is 0.355 e. The van der Waals surface area contributed by atoms with Gasteiger partial charge in [-0.1, -0.05) is 32.6 Å². The number of hydrogen-bond donors (Lipinski definition) is 2. The Morgan fingerprint density at radius 1 is 1.22 bits per heavy atom. The number of piperidine rings is 1. The van der Waals surface area contributed by atoms with Crippen LogP contribution in [0.4, 0.5) is 0 Å². The second-order valence-electron chi connectivity index (χ2n) is 6.14. The summed E-state index contributed by atoms with van der Waals surface area (Å²) in [6.07, 6.45) is 10.5. The van der Waals surface area contributed by atoms with Crippen LogP contribution in [-0.2, 0) is 4.79 Å². The molecule has 3 nitrogen and oxygen atoms in total. The van der Waals surface area contributed by atoms with E-state index in [2.05, 4.69) is 17.6 Å². The Morgan fingerprint density at radius 2 is 2.00 bits per heavy atom. The Bertz CT molecular complexity index is 261. The van der Waals surface area contributed by atoms with Gasteiger partial charge in [0.25, 0.3) is 0 Å².